The first-order valence-corrected chi connectivity index (χ1v) is 9.66. The van der Waals surface area contributed by atoms with Gasteiger partial charge in [0.2, 0.25) is 0 Å². The molecule has 0 atom stereocenters. The lowest BCUT2D eigenvalue weighted by molar-refractivity contribution is 0.307. The van der Waals surface area contributed by atoms with Crippen molar-refractivity contribution < 1.29 is 9.05 Å². The zero-order chi connectivity index (χ0) is 17.6. The van der Waals surface area contributed by atoms with Crippen LogP contribution in [0, 0.1) is 22.2 Å². The molecule has 1 aliphatic rings. The van der Waals surface area contributed by atoms with Gasteiger partial charge in [-0.3, -0.25) is 0 Å². The quantitative estimate of drug-likeness (QED) is 0.531. The van der Waals surface area contributed by atoms with Crippen LogP contribution in [0.2, 0.25) is 0 Å². The van der Waals surface area contributed by atoms with Crippen molar-refractivity contribution in [1.82, 2.24) is 0 Å². The molecule has 0 aromatic rings. The molecule has 2 nitrogen and oxygen atoms in total. The van der Waals surface area contributed by atoms with Gasteiger partial charge in [-0.1, -0.05) is 62.3 Å². The zero-order valence-electron chi connectivity index (χ0n) is 16.4. The third-order valence-corrected chi connectivity index (χ3v) is 8.03. The molecule has 0 unspecified atom stereocenters. The summed E-state index contributed by atoms with van der Waals surface area (Å²) in [5.74, 6) is 1.35. The minimum absolute atomic E-state index is 0.00105. The highest BCUT2D eigenvalue weighted by atomic mass is 31.2. The average Bonchev–Trinajstić information content (AvgIpc) is 2.33. The molecule has 1 radical (unpaired) electrons. The van der Waals surface area contributed by atoms with Gasteiger partial charge in [-0.25, -0.2) is 0 Å². The molecule has 0 amide bonds. The van der Waals surface area contributed by atoms with E-state index in [1.807, 2.05) is 0 Å². The molecule has 127 valence electrons. The van der Waals surface area contributed by atoms with Gasteiger partial charge in [0.15, 0.2) is 0 Å². The van der Waals surface area contributed by atoms with Crippen LogP contribution in [-0.2, 0) is 9.05 Å². The van der Waals surface area contributed by atoms with Gasteiger partial charge in [0, 0.05) is 16.7 Å². The van der Waals surface area contributed by atoms with Crippen molar-refractivity contribution in [2.75, 3.05) is 14.2 Å². The molecular formula is C19H35O2P+. The van der Waals surface area contributed by atoms with Crippen molar-refractivity contribution in [3.05, 3.63) is 28.7 Å². The van der Waals surface area contributed by atoms with E-state index in [1.165, 1.54) is 16.5 Å². The largest absolute Gasteiger partial charge is 0.330 e. The molecule has 0 bridgehead atoms. The molecule has 0 spiro atoms. The van der Waals surface area contributed by atoms with Crippen molar-refractivity contribution >= 4 is 7.72 Å². The maximum Gasteiger partial charge on any atom is 0.330 e. The number of hydrogen-bond acceptors (Lipinski definition) is 2. The van der Waals surface area contributed by atoms with Crippen LogP contribution in [0.15, 0.2) is 22.8 Å². The van der Waals surface area contributed by atoms with Gasteiger partial charge in [-0.15, -0.1) is 0 Å². The van der Waals surface area contributed by atoms with Gasteiger partial charge in [-0.05, 0) is 17.6 Å². The topological polar surface area (TPSA) is 18.5 Å². The van der Waals surface area contributed by atoms with Crippen LogP contribution in [0.3, 0.4) is 0 Å². The summed E-state index contributed by atoms with van der Waals surface area (Å²) >= 11 is 0. The van der Waals surface area contributed by atoms with E-state index in [4.69, 9.17) is 9.05 Å². The van der Waals surface area contributed by atoms with Crippen LogP contribution in [0.25, 0.3) is 0 Å². The monoisotopic (exact) mass is 326 g/mol. The molecule has 3 heteroatoms. The smallest absolute Gasteiger partial charge is 0.199 e. The van der Waals surface area contributed by atoms with E-state index in [0.29, 0.717) is 0 Å². The fourth-order valence-corrected chi connectivity index (χ4v) is 6.43. The van der Waals surface area contributed by atoms with Crippen molar-refractivity contribution in [2.45, 2.75) is 62.3 Å². The predicted molar refractivity (Wildman–Crippen MR) is 98.7 cm³/mol. The molecule has 1 heterocycles. The van der Waals surface area contributed by atoms with Crippen molar-refractivity contribution in [1.29, 1.82) is 0 Å². The van der Waals surface area contributed by atoms with E-state index in [0.717, 1.165) is 0 Å². The highest BCUT2D eigenvalue weighted by molar-refractivity contribution is 7.75. The second-order valence-electron chi connectivity index (χ2n) is 9.18. The van der Waals surface area contributed by atoms with Gasteiger partial charge in [0.05, 0.1) is 14.2 Å². The Morgan fingerprint density at radius 3 is 1.14 bits per heavy atom. The summed E-state index contributed by atoms with van der Waals surface area (Å²) in [5, 5.41) is 2.59. The van der Waals surface area contributed by atoms with Crippen LogP contribution in [0.5, 0.6) is 0 Å². The SMILES string of the molecule is CO[P+]1(OC)C(C(C)(C)C)=C[C](C(C)(C)C)C=C1C(C)(C)C. The normalized spacial score (nSPS) is 20.7. The summed E-state index contributed by atoms with van der Waals surface area (Å²) in [4.78, 5) is 0. The third-order valence-electron chi connectivity index (χ3n) is 4.14. The number of allylic oxidation sites excluding steroid dienone is 4. The molecule has 22 heavy (non-hydrogen) atoms. The summed E-state index contributed by atoms with van der Waals surface area (Å²) in [6, 6.07) is 0. The highest BCUT2D eigenvalue weighted by Gasteiger charge is 2.59. The van der Waals surface area contributed by atoms with E-state index in [-0.39, 0.29) is 16.2 Å². The van der Waals surface area contributed by atoms with Gasteiger partial charge in [-0.2, -0.15) is 9.05 Å². The van der Waals surface area contributed by atoms with Gasteiger partial charge in [0.25, 0.3) is 0 Å². The van der Waals surface area contributed by atoms with Gasteiger partial charge in [0.1, 0.15) is 10.6 Å². The van der Waals surface area contributed by atoms with Crippen LogP contribution in [0.4, 0.5) is 0 Å². The lowest BCUT2D eigenvalue weighted by Gasteiger charge is -2.41. The summed E-state index contributed by atoms with van der Waals surface area (Å²) in [6.45, 7) is 20.3. The standard InChI is InChI=1S/C19H35O2P/c1-17(2,3)14-12-15(18(4,5)6)22(20-10,21-11)16(13-14)19(7,8)9/h12-13H,1-11H3/q+1. The summed E-state index contributed by atoms with van der Waals surface area (Å²) < 4.78 is 12.2. The summed E-state index contributed by atoms with van der Waals surface area (Å²) in [6.07, 6.45) is 4.66. The molecule has 0 aromatic heterocycles. The second kappa shape index (κ2) is 6.04. The average molecular weight is 326 g/mol. The van der Waals surface area contributed by atoms with E-state index < -0.39 is 7.72 Å². The van der Waals surface area contributed by atoms with E-state index in [2.05, 4.69) is 74.5 Å². The van der Waals surface area contributed by atoms with E-state index in [9.17, 15) is 0 Å². The molecule has 0 saturated carbocycles. The Balaban J connectivity index is 3.68. The molecular weight excluding hydrogens is 291 g/mol. The van der Waals surface area contributed by atoms with Crippen LogP contribution in [0.1, 0.15) is 62.3 Å². The Morgan fingerprint density at radius 2 is 0.955 bits per heavy atom. The first-order valence-electron chi connectivity index (χ1n) is 8.03. The number of rotatable bonds is 2. The van der Waals surface area contributed by atoms with Crippen LogP contribution in [-0.4, -0.2) is 14.2 Å². The zero-order valence-corrected chi connectivity index (χ0v) is 17.3. The first kappa shape index (κ1) is 19.9. The van der Waals surface area contributed by atoms with E-state index >= 15 is 0 Å². The van der Waals surface area contributed by atoms with Crippen LogP contribution >= 0.6 is 7.72 Å². The highest BCUT2D eigenvalue weighted by Crippen LogP contribution is 2.81. The molecule has 1 aliphatic heterocycles. The lowest BCUT2D eigenvalue weighted by atomic mass is 9.77. The second-order valence-corrected chi connectivity index (χ2v) is 12.0. The Bertz CT molecular complexity index is 429. The fourth-order valence-electron chi connectivity index (χ4n) is 2.85. The van der Waals surface area contributed by atoms with Crippen molar-refractivity contribution in [3.63, 3.8) is 0 Å². The van der Waals surface area contributed by atoms with Crippen molar-refractivity contribution in [2.24, 2.45) is 16.2 Å². The maximum atomic E-state index is 6.11. The molecule has 1 rings (SSSR count). The molecule has 0 saturated heterocycles. The summed E-state index contributed by atoms with van der Waals surface area (Å²) in [5.41, 5.74) is 0.104. The molecule has 0 aromatic carbocycles. The Hall–Kier alpha value is -0.170. The minimum Gasteiger partial charge on any atom is -0.199 e. The van der Waals surface area contributed by atoms with Gasteiger partial charge < -0.3 is 0 Å². The van der Waals surface area contributed by atoms with Gasteiger partial charge >= 0.3 is 7.72 Å². The Morgan fingerprint density at radius 1 is 0.636 bits per heavy atom. The minimum atomic E-state index is -2.22. The van der Waals surface area contributed by atoms with Crippen LogP contribution < -0.4 is 0 Å². The fraction of sp³-hybridized carbons (Fsp3) is 0.737. The molecule has 0 fully saturated rings. The van der Waals surface area contributed by atoms with Crippen molar-refractivity contribution in [3.8, 4) is 0 Å². The Kier molecular flexibility index (Phi) is 5.46. The Labute approximate surface area is 138 Å². The number of hydrogen-bond donors (Lipinski definition) is 0. The lowest BCUT2D eigenvalue weighted by Crippen LogP contribution is -2.28. The predicted octanol–water partition coefficient (Wildman–Crippen LogP) is 6.62. The van der Waals surface area contributed by atoms with E-state index in [1.54, 1.807) is 14.2 Å². The molecule has 0 aliphatic carbocycles. The molecule has 0 N–H and O–H groups in total. The maximum absolute atomic E-state index is 6.11. The first-order chi connectivity index (χ1) is 9.70. The summed E-state index contributed by atoms with van der Waals surface area (Å²) in [7, 11) is 1.36. The third kappa shape index (κ3) is 3.66.